The van der Waals surface area contributed by atoms with E-state index in [-0.39, 0.29) is 0 Å². The van der Waals surface area contributed by atoms with Crippen LogP contribution in [-0.4, -0.2) is 19.3 Å². The van der Waals surface area contributed by atoms with E-state index in [0.29, 0.717) is 6.04 Å². The SMILES string of the molecule is CC(CC1CCOCC1)Nc1ccccc1. The number of rotatable bonds is 4. The normalized spacial score (nSPS) is 19.3. The maximum absolute atomic E-state index is 5.38. The molecule has 2 rings (SSSR count). The first-order chi connectivity index (χ1) is 7.84. The van der Waals surface area contributed by atoms with E-state index in [9.17, 15) is 0 Å². The van der Waals surface area contributed by atoms with Gasteiger partial charge in [-0.1, -0.05) is 18.2 Å². The van der Waals surface area contributed by atoms with Gasteiger partial charge in [0, 0.05) is 24.9 Å². The van der Waals surface area contributed by atoms with Gasteiger partial charge in [0.25, 0.3) is 0 Å². The van der Waals surface area contributed by atoms with E-state index >= 15 is 0 Å². The summed E-state index contributed by atoms with van der Waals surface area (Å²) in [5.74, 6) is 0.833. The minimum absolute atomic E-state index is 0.547. The number of hydrogen-bond acceptors (Lipinski definition) is 2. The zero-order chi connectivity index (χ0) is 11.2. The van der Waals surface area contributed by atoms with E-state index in [1.807, 2.05) is 6.07 Å². The van der Waals surface area contributed by atoms with Crippen LogP contribution in [0, 0.1) is 5.92 Å². The molecule has 1 fully saturated rings. The molecule has 1 aliphatic heterocycles. The lowest BCUT2D eigenvalue weighted by molar-refractivity contribution is 0.0629. The van der Waals surface area contributed by atoms with Gasteiger partial charge in [-0.15, -0.1) is 0 Å². The van der Waals surface area contributed by atoms with E-state index in [0.717, 1.165) is 19.1 Å². The molecule has 2 heteroatoms. The predicted molar refractivity (Wildman–Crippen MR) is 67.7 cm³/mol. The summed E-state index contributed by atoms with van der Waals surface area (Å²) < 4.78 is 5.38. The molecule has 1 aliphatic rings. The summed E-state index contributed by atoms with van der Waals surface area (Å²) in [5, 5.41) is 3.55. The Bertz CT molecular complexity index is 293. The second-order valence-electron chi connectivity index (χ2n) is 4.70. The first-order valence-electron chi connectivity index (χ1n) is 6.24. The maximum atomic E-state index is 5.38. The Morgan fingerprint density at radius 3 is 2.62 bits per heavy atom. The maximum Gasteiger partial charge on any atom is 0.0468 e. The van der Waals surface area contributed by atoms with Crippen molar-refractivity contribution in [1.29, 1.82) is 0 Å². The molecule has 0 aliphatic carbocycles. The molecule has 0 saturated carbocycles. The molecule has 1 aromatic rings. The highest BCUT2D eigenvalue weighted by molar-refractivity contribution is 5.43. The van der Waals surface area contributed by atoms with Gasteiger partial charge in [-0.25, -0.2) is 0 Å². The van der Waals surface area contributed by atoms with Gasteiger partial charge in [0.1, 0.15) is 0 Å². The van der Waals surface area contributed by atoms with Gasteiger partial charge in [0.15, 0.2) is 0 Å². The average Bonchev–Trinajstić information content (AvgIpc) is 2.31. The second-order valence-corrected chi connectivity index (χ2v) is 4.70. The fraction of sp³-hybridized carbons (Fsp3) is 0.571. The van der Waals surface area contributed by atoms with Gasteiger partial charge >= 0.3 is 0 Å². The van der Waals surface area contributed by atoms with E-state index < -0.39 is 0 Å². The molecule has 0 aromatic heterocycles. The summed E-state index contributed by atoms with van der Waals surface area (Å²) in [6.45, 7) is 4.16. The monoisotopic (exact) mass is 219 g/mol. The molecule has 0 bridgehead atoms. The Labute approximate surface area is 98.0 Å². The van der Waals surface area contributed by atoms with Gasteiger partial charge in [0.05, 0.1) is 0 Å². The van der Waals surface area contributed by atoms with E-state index in [4.69, 9.17) is 4.74 Å². The Hall–Kier alpha value is -1.02. The summed E-state index contributed by atoms with van der Waals surface area (Å²) >= 11 is 0. The predicted octanol–water partition coefficient (Wildman–Crippen LogP) is 3.30. The standard InChI is InChI=1S/C14H21NO/c1-12(11-13-7-9-16-10-8-13)15-14-5-3-2-4-6-14/h2-6,12-13,15H,7-11H2,1H3. The molecule has 1 unspecified atom stereocenters. The summed E-state index contributed by atoms with van der Waals surface area (Å²) in [4.78, 5) is 0. The van der Waals surface area contributed by atoms with Gasteiger partial charge in [-0.2, -0.15) is 0 Å². The third kappa shape index (κ3) is 3.53. The van der Waals surface area contributed by atoms with Crippen LogP contribution in [0.2, 0.25) is 0 Å². The Kier molecular flexibility index (Phi) is 4.23. The van der Waals surface area contributed by atoms with Crippen LogP contribution in [-0.2, 0) is 4.74 Å². The minimum Gasteiger partial charge on any atom is -0.383 e. The van der Waals surface area contributed by atoms with Crippen molar-refractivity contribution >= 4 is 5.69 Å². The molecule has 0 amide bonds. The summed E-state index contributed by atoms with van der Waals surface area (Å²) in [7, 11) is 0. The van der Waals surface area contributed by atoms with E-state index in [1.165, 1.54) is 24.9 Å². The smallest absolute Gasteiger partial charge is 0.0468 e. The lowest BCUT2D eigenvalue weighted by Gasteiger charge is -2.25. The molecule has 16 heavy (non-hydrogen) atoms. The van der Waals surface area contributed by atoms with Crippen molar-refractivity contribution in [2.24, 2.45) is 5.92 Å². The van der Waals surface area contributed by atoms with Crippen LogP contribution >= 0.6 is 0 Å². The molecule has 1 atom stereocenters. The fourth-order valence-corrected chi connectivity index (χ4v) is 2.36. The van der Waals surface area contributed by atoms with Crippen molar-refractivity contribution in [2.75, 3.05) is 18.5 Å². The van der Waals surface area contributed by atoms with Crippen molar-refractivity contribution in [3.05, 3.63) is 30.3 Å². The minimum atomic E-state index is 0.547. The zero-order valence-corrected chi connectivity index (χ0v) is 9.99. The second kappa shape index (κ2) is 5.90. The molecular weight excluding hydrogens is 198 g/mol. The van der Waals surface area contributed by atoms with Crippen LogP contribution in [0.3, 0.4) is 0 Å². The number of para-hydroxylation sites is 1. The largest absolute Gasteiger partial charge is 0.383 e. The lowest BCUT2D eigenvalue weighted by atomic mass is 9.93. The first-order valence-corrected chi connectivity index (χ1v) is 6.24. The summed E-state index contributed by atoms with van der Waals surface area (Å²) in [5.41, 5.74) is 1.22. The van der Waals surface area contributed by atoms with E-state index in [1.54, 1.807) is 0 Å². The molecular formula is C14H21NO. The van der Waals surface area contributed by atoms with Crippen molar-refractivity contribution in [3.63, 3.8) is 0 Å². The van der Waals surface area contributed by atoms with Crippen molar-refractivity contribution in [1.82, 2.24) is 0 Å². The van der Waals surface area contributed by atoms with Crippen LogP contribution in [0.25, 0.3) is 0 Å². The average molecular weight is 219 g/mol. The highest BCUT2D eigenvalue weighted by Gasteiger charge is 2.16. The van der Waals surface area contributed by atoms with Crippen LogP contribution < -0.4 is 5.32 Å². The molecule has 1 heterocycles. The molecule has 88 valence electrons. The molecule has 1 N–H and O–H groups in total. The van der Waals surface area contributed by atoms with Gasteiger partial charge in [-0.05, 0) is 44.2 Å². The van der Waals surface area contributed by atoms with Gasteiger partial charge < -0.3 is 10.1 Å². The number of hydrogen-bond donors (Lipinski definition) is 1. The Balaban J connectivity index is 1.77. The molecule has 2 nitrogen and oxygen atoms in total. The summed E-state index contributed by atoms with van der Waals surface area (Å²) in [6, 6.07) is 11.0. The molecule has 0 radical (unpaired) electrons. The zero-order valence-electron chi connectivity index (χ0n) is 9.99. The Morgan fingerprint density at radius 2 is 1.94 bits per heavy atom. The first kappa shape index (κ1) is 11.5. The fourth-order valence-electron chi connectivity index (χ4n) is 2.36. The molecule has 1 aromatic carbocycles. The van der Waals surface area contributed by atoms with Crippen LogP contribution in [0.15, 0.2) is 30.3 Å². The van der Waals surface area contributed by atoms with Gasteiger partial charge in [0.2, 0.25) is 0 Å². The molecule has 1 saturated heterocycles. The topological polar surface area (TPSA) is 21.3 Å². The highest BCUT2D eigenvalue weighted by Crippen LogP contribution is 2.21. The molecule has 0 spiro atoms. The van der Waals surface area contributed by atoms with Crippen molar-refractivity contribution < 1.29 is 4.74 Å². The third-order valence-electron chi connectivity index (χ3n) is 3.21. The van der Waals surface area contributed by atoms with Crippen molar-refractivity contribution in [2.45, 2.75) is 32.2 Å². The number of nitrogens with one attached hydrogen (secondary N) is 1. The van der Waals surface area contributed by atoms with Crippen LogP contribution in [0.4, 0.5) is 5.69 Å². The van der Waals surface area contributed by atoms with Crippen LogP contribution in [0.1, 0.15) is 26.2 Å². The highest BCUT2D eigenvalue weighted by atomic mass is 16.5. The van der Waals surface area contributed by atoms with Gasteiger partial charge in [-0.3, -0.25) is 0 Å². The van der Waals surface area contributed by atoms with Crippen molar-refractivity contribution in [3.8, 4) is 0 Å². The quantitative estimate of drug-likeness (QED) is 0.839. The number of anilines is 1. The van der Waals surface area contributed by atoms with E-state index in [2.05, 4.69) is 36.5 Å². The number of benzene rings is 1. The third-order valence-corrected chi connectivity index (χ3v) is 3.21. The summed E-state index contributed by atoms with van der Waals surface area (Å²) in [6.07, 6.45) is 3.69. The lowest BCUT2D eigenvalue weighted by Crippen LogP contribution is -2.24. The van der Waals surface area contributed by atoms with Crippen LogP contribution in [0.5, 0.6) is 0 Å². The number of ether oxygens (including phenoxy) is 1. The Morgan fingerprint density at radius 1 is 1.25 bits per heavy atom.